The first-order chi connectivity index (χ1) is 9.06. The summed E-state index contributed by atoms with van der Waals surface area (Å²) >= 11 is 6.12. The number of halogens is 1. The van der Waals surface area contributed by atoms with Crippen molar-refractivity contribution in [2.45, 2.75) is 26.6 Å². The topological polar surface area (TPSA) is 42.4 Å². The van der Waals surface area contributed by atoms with E-state index in [1.807, 2.05) is 13.0 Å². The average molecular weight is 278 g/mol. The Balaban J connectivity index is 2.07. The molecule has 0 fully saturated rings. The van der Waals surface area contributed by atoms with Crippen LogP contribution in [0.1, 0.15) is 29.7 Å². The number of aliphatic hydroxyl groups excluding tert-OH is 1. The lowest BCUT2D eigenvalue weighted by atomic mass is 10.1. The van der Waals surface area contributed by atoms with Crippen LogP contribution in [0.3, 0.4) is 0 Å². The number of aliphatic hydroxyl groups is 1. The molecule has 0 saturated heterocycles. The van der Waals surface area contributed by atoms with E-state index in [2.05, 4.69) is 4.98 Å². The molecule has 4 heteroatoms. The van der Waals surface area contributed by atoms with Gasteiger partial charge in [-0.25, -0.2) is 0 Å². The number of aromatic nitrogens is 1. The molecule has 2 aromatic rings. The minimum absolute atomic E-state index is 0.419. The molecule has 1 aromatic carbocycles. The third kappa shape index (κ3) is 3.69. The zero-order valence-corrected chi connectivity index (χ0v) is 11.7. The third-order valence-electron chi connectivity index (χ3n) is 2.76. The summed E-state index contributed by atoms with van der Waals surface area (Å²) in [5.41, 5.74) is 2.86. The summed E-state index contributed by atoms with van der Waals surface area (Å²) in [6, 6.07) is 7.31. The van der Waals surface area contributed by atoms with Gasteiger partial charge in [0.05, 0.1) is 11.1 Å². The Morgan fingerprint density at radius 3 is 2.74 bits per heavy atom. The Hall–Kier alpha value is -1.58. The predicted octanol–water partition coefficient (Wildman–Crippen LogP) is 3.68. The van der Waals surface area contributed by atoms with Crippen LogP contribution in [0.5, 0.6) is 5.75 Å². The van der Waals surface area contributed by atoms with Crippen LogP contribution in [0.15, 0.2) is 36.7 Å². The van der Waals surface area contributed by atoms with Gasteiger partial charge in [-0.15, -0.1) is 0 Å². The first kappa shape index (κ1) is 13.8. The molecule has 0 aliphatic carbocycles. The molecule has 0 bridgehead atoms. The fourth-order valence-electron chi connectivity index (χ4n) is 1.75. The lowest BCUT2D eigenvalue weighted by Crippen LogP contribution is -1.98. The van der Waals surface area contributed by atoms with E-state index >= 15 is 0 Å². The summed E-state index contributed by atoms with van der Waals surface area (Å²) in [5.74, 6) is 0.604. The molecule has 100 valence electrons. The van der Waals surface area contributed by atoms with E-state index in [4.69, 9.17) is 16.3 Å². The van der Waals surface area contributed by atoms with Gasteiger partial charge >= 0.3 is 0 Å². The molecule has 1 N–H and O–H groups in total. The minimum Gasteiger partial charge on any atom is -0.487 e. The lowest BCUT2D eigenvalue weighted by Gasteiger charge is -2.11. The maximum absolute atomic E-state index is 9.47. The number of hydrogen-bond acceptors (Lipinski definition) is 3. The first-order valence-electron chi connectivity index (χ1n) is 6.07. The number of nitrogens with zero attached hydrogens (tertiary/aromatic N) is 1. The first-order valence-corrected chi connectivity index (χ1v) is 6.45. The van der Waals surface area contributed by atoms with Crippen molar-refractivity contribution in [2.75, 3.05) is 0 Å². The third-order valence-corrected chi connectivity index (χ3v) is 3.06. The smallest absolute Gasteiger partial charge is 0.138 e. The molecule has 0 aliphatic rings. The van der Waals surface area contributed by atoms with Crippen LogP contribution in [-0.4, -0.2) is 10.1 Å². The molecule has 1 aromatic heterocycles. The van der Waals surface area contributed by atoms with E-state index in [1.165, 1.54) is 0 Å². The summed E-state index contributed by atoms with van der Waals surface area (Å²) in [7, 11) is 0. The second-order valence-corrected chi connectivity index (χ2v) is 4.93. The quantitative estimate of drug-likeness (QED) is 0.927. The van der Waals surface area contributed by atoms with E-state index < -0.39 is 6.10 Å². The van der Waals surface area contributed by atoms with Crippen molar-refractivity contribution in [3.63, 3.8) is 0 Å². The number of aryl methyl sites for hydroxylation is 1. The molecule has 0 radical (unpaired) electrons. The molecule has 0 unspecified atom stereocenters. The maximum atomic E-state index is 9.47. The molecule has 3 nitrogen and oxygen atoms in total. The van der Waals surface area contributed by atoms with Gasteiger partial charge in [0.15, 0.2) is 0 Å². The highest BCUT2D eigenvalue weighted by atomic mass is 35.5. The molecular weight excluding hydrogens is 262 g/mol. The van der Waals surface area contributed by atoms with Crippen LogP contribution in [-0.2, 0) is 6.61 Å². The van der Waals surface area contributed by atoms with Crippen molar-refractivity contribution in [1.29, 1.82) is 0 Å². The van der Waals surface area contributed by atoms with Crippen LogP contribution >= 0.6 is 11.6 Å². The van der Waals surface area contributed by atoms with E-state index in [-0.39, 0.29) is 0 Å². The summed E-state index contributed by atoms with van der Waals surface area (Å²) in [4.78, 5) is 4.11. The predicted molar refractivity (Wildman–Crippen MR) is 75.4 cm³/mol. The molecule has 1 atom stereocenters. The zero-order valence-electron chi connectivity index (χ0n) is 10.9. The highest BCUT2D eigenvalue weighted by Gasteiger charge is 2.07. The Bertz CT molecular complexity index is 570. The summed E-state index contributed by atoms with van der Waals surface area (Å²) < 4.78 is 5.66. The van der Waals surface area contributed by atoms with Gasteiger partial charge < -0.3 is 9.84 Å². The highest BCUT2D eigenvalue weighted by Crippen LogP contribution is 2.28. The summed E-state index contributed by atoms with van der Waals surface area (Å²) in [6.07, 6.45) is 3.03. The van der Waals surface area contributed by atoms with Gasteiger partial charge in [-0.2, -0.15) is 0 Å². The molecule has 0 amide bonds. The van der Waals surface area contributed by atoms with Crippen molar-refractivity contribution >= 4 is 11.6 Å². The molecule has 0 aliphatic heterocycles. The van der Waals surface area contributed by atoms with Crippen molar-refractivity contribution in [3.05, 3.63) is 58.4 Å². The molecule has 0 spiro atoms. The molecule has 1 heterocycles. The van der Waals surface area contributed by atoms with Crippen LogP contribution in [0.2, 0.25) is 5.02 Å². The Morgan fingerprint density at radius 2 is 2.11 bits per heavy atom. The number of pyridine rings is 1. The summed E-state index contributed by atoms with van der Waals surface area (Å²) in [6.45, 7) is 4.11. The SMILES string of the molecule is Cc1cncc(COc2ccc([C@@H](C)O)cc2Cl)c1. The van der Waals surface area contributed by atoms with Gasteiger partial charge in [-0.1, -0.05) is 17.7 Å². The molecule has 2 rings (SSSR count). The summed E-state index contributed by atoms with van der Waals surface area (Å²) in [5, 5.41) is 9.97. The van der Waals surface area contributed by atoms with Crippen molar-refractivity contribution in [3.8, 4) is 5.75 Å². The monoisotopic (exact) mass is 277 g/mol. The van der Waals surface area contributed by atoms with Crippen LogP contribution in [0.25, 0.3) is 0 Å². The lowest BCUT2D eigenvalue weighted by molar-refractivity contribution is 0.199. The maximum Gasteiger partial charge on any atom is 0.138 e. The van der Waals surface area contributed by atoms with Gasteiger partial charge in [0.25, 0.3) is 0 Å². The van der Waals surface area contributed by atoms with Crippen molar-refractivity contribution < 1.29 is 9.84 Å². The molecule has 0 saturated carbocycles. The van der Waals surface area contributed by atoms with Crippen LogP contribution in [0.4, 0.5) is 0 Å². The van der Waals surface area contributed by atoms with Gasteiger partial charge in [0.1, 0.15) is 12.4 Å². The van der Waals surface area contributed by atoms with E-state index in [0.29, 0.717) is 17.4 Å². The van der Waals surface area contributed by atoms with Crippen LogP contribution < -0.4 is 4.74 Å². The number of ether oxygens (including phenoxy) is 1. The second kappa shape index (κ2) is 6.04. The fourth-order valence-corrected chi connectivity index (χ4v) is 2.00. The number of rotatable bonds is 4. The average Bonchev–Trinajstić information content (AvgIpc) is 2.37. The number of benzene rings is 1. The zero-order chi connectivity index (χ0) is 13.8. The standard InChI is InChI=1S/C15H16ClNO2/c1-10-5-12(8-17-7-10)9-19-15-4-3-13(11(2)18)6-14(15)16/h3-8,11,18H,9H2,1-2H3/t11-/m1/s1. The largest absolute Gasteiger partial charge is 0.487 e. The van der Waals surface area contributed by atoms with Gasteiger partial charge in [-0.3, -0.25) is 4.98 Å². The van der Waals surface area contributed by atoms with E-state index in [0.717, 1.165) is 16.7 Å². The Labute approximate surface area is 117 Å². The normalized spacial score (nSPS) is 12.2. The highest BCUT2D eigenvalue weighted by molar-refractivity contribution is 6.32. The van der Waals surface area contributed by atoms with E-state index in [9.17, 15) is 5.11 Å². The Kier molecular flexibility index (Phi) is 4.40. The van der Waals surface area contributed by atoms with Crippen LogP contribution in [0, 0.1) is 6.92 Å². The van der Waals surface area contributed by atoms with Crippen molar-refractivity contribution in [1.82, 2.24) is 4.98 Å². The Morgan fingerprint density at radius 1 is 1.32 bits per heavy atom. The van der Waals surface area contributed by atoms with Gasteiger partial charge in [-0.05, 0) is 43.2 Å². The van der Waals surface area contributed by atoms with E-state index in [1.54, 1.807) is 37.5 Å². The number of hydrogen-bond donors (Lipinski definition) is 1. The van der Waals surface area contributed by atoms with Gasteiger partial charge in [0, 0.05) is 18.0 Å². The van der Waals surface area contributed by atoms with Gasteiger partial charge in [0.2, 0.25) is 0 Å². The fraction of sp³-hybridized carbons (Fsp3) is 0.267. The van der Waals surface area contributed by atoms with Crippen molar-refractivity contribution in [2.24, 2.45) is 0 Å². The molecule has 19 heavy (non-hydrogen) atoms. The molecular formula is C15H16ClNO2. The second-order valence-electron chi connectivity index (χ2n) is 4.53. The minimum atomic E-state index is -0.535.